The van der Waals surface area contributed by atoms with Crippen molar-refractivity contribution in [1.82, 2.24) is 10.2 Å². The fraction of sp³-hybridized carbons (Fsp3) is 0.444. The molecule has 0 fully saturated rings. The van der Waals surface area contributed by atoms with Gasteiger partial charge in [0.1, 0.15) is 5.82 Å². The molecule has 0 saturated heterocycles. The zero-order valence-electron chi connectivity index (χ0n) is 8.98. The molecule has 0 aliphatic heterocycles. The molecule has 9 heteroatoms. The predicted octanol–water partition coefficient (Wildman–Crippen LogP) is 0.900. The largest absolute Gasteiger partial charge is 0.476 e. The van der Waals surface area contributed by atoms with Crippen LogP contribution < -0.4 is 5.32 Å². The molecule has 6 nitrogen and oxygen atoms in total. The van der Waals surface area contributed by atoms with Crippen molar-refractivity contribution in [1.29, 1.82) is 0 Å². The minimum Gasteiger partial charge on any atom is -0.476 e. The van der Waals surface area contributed by atoms with Gasteiger partial charge in [-0.15, -0.1) is 10.2 Å². The number of rotatable bonds is 5. The molecule has 1 aromatic rings. The molecule has 0 aromatic carbocycles. The van der Waals surface area contributed by atoms with Gasteiger partial charge >= 0.3 is 12.1 Å². The number of hydrogen-bond acceptors (Lipinski definition) is 5. The average molecular weight is 265 g/mol. The highest BCUT2D eigenvalue weighted by atomic mass is 19.4. The van der Waals surface area contributed by atoms with Crippen LogP contribution in [0.1, 0.15) is 16.9 Å². The van der Waals surface area contributed by atoms with Crippen LogP contribution >= 0.6 is 0 Å². The van der Waals surface area contributed by atoms with Gasteiger partial charge in [-0.3, -0.25) is 0 Å². The predicted molar refractivity (Wildman–Crippen MR) is 54.2 cm³/mol. The van der Waals surface area contributed by atoms with Crippen LogP contribution in [0.3, 0.4) is 0 Å². The number of aliphatic hydroxyl groups is 1. The topological polar surface area (TPSA) is 95.3 Å². The van der Waals surface area contributed by atoms with E-state index in [2.05, 4.69) is 15.5 Å². The lowest BCUT2D eigenvalue weighted by atomic mass is 10.2. The Labute approximate surface area is 99.5 Å². The van der Waals surface area contributed by atoms with Crippen LogP contribution in [0.2, 0.25) is 0 Å². The number of nitrogens with one attached hydrogen (secondary N) is 1. The number of nitrogens with zero attached hydrogens (tertiary/aromatic N) is 2. The van der Waals surface area contributed by atoms with Crippen LogP contribution in [0.4, 0.5) is 19.0 Å². The fourth-order valence-electron chi connectivity index (χ4n) is 1.04. The number of halogens is 3. The normalized spacial score (nSPS) is 13.1. The maximum absolute atomic E-state index is 11.9. The van der Waals surface area contributed by atoms with Crippen LogP contribution in [0.15, 0.2) is 12.1 Å². The quantitative estimate of drug-likeness (QED) is 0.732. The Bertz CT molecular complexity index is 408. The summed E-state index contributed by atoms with van der Waals surface area (Å²) in [6.45, 7) is -0.165. The zero-order chi connectivity index (χ0) is 13.8. The minimum absolute atomic E-state index is 0.134. The smallest absolute Gasteiger partial charge is 0.414 e. The third-order valence-corrected chi connectivity index (χ3v) is 1.99. The highest BCUT2D eigenvalue weighted by molar-refractivity contribution is 5.85. The lowest BCUT2D eigenvalue weighted by molar-refractivity contribution is -0.204. The lowest BCUT2D eigenvalue weighted by Crippen LogP contribution is -2.30. The number of alkyl halides is 3. The molecule has 1 unspecified atom stereocenters. The minimum atomic E-state index is -4.65. The van der Waals surface area contributed by atoms with Gasteiger partial charge in [0.15, 0.2) is 11.8 Å². The SMILES string of the molecule is O=C(O)c1ccc(NCCC(O)C(F)(F)F)nn1. The van der Waals surface area contributed by atoms with Crippen molar-refractivity contribution in [3.63, 3.8) is 0 Å². The van der Waals surface area contributed by atoms with E-state index in [-0.39, 0.29) is 18.1 Å². The summed E-state index contributed by atoms with van der Waals surface area (Å²) in [5, 5.41) is 26.5. The Kier molecular flexibility index (Phi) is 4.43. The lowest BCUT2D eigenvalue weighted by Gasteiger charge is -2.14. The number of carboxylic acids is 1. The first kappa shape index (κ1) is 14.2. The molecule has 1 aromatic heterocycles. The molecule has 1 atom stereocenters. The third-order valence-electron chi connectivity index (χ3n) is 1.99. The molecule has 0 amide bonds. The molecule has 18 heavy (non-hydrogen) atoms. The Balaban J connectivity index is 2.43. The van der Waals surface area contributed by atoms with Crippen molar-refractivity contribution >= 4 is 11.8 Å². The maximum Gasteiger partial charge on any atom is 0.414 e. The van der Waals surface area contributed by atoms with Crippen molar-refractivity contribution in [2.75, 3.05) is 11.9 Å². The molecule has 0 aliphatic carbocycles. The van der Waals surface area contributed by atoms with Crippen LogP contribution in [0.25, 0.3) is 0 Å². The van der Waals surface area contributed by atoms with E-state index in [1.165, 1.54) is 6.07 Å². The molecule has 0 spiro atoms. The van der Waals surface area contributed by atoms with Crippen molar-refractivity contribution in [2.45, 2.75) is 18.7 Å². The molecule has 0 aliphatic rings. The second-order valence-electron chi connectivity index (χ2n) is 3.38. The first-order chi connectivity index (χ1) is 8.30. The van der Waals surface area contributed by atoms with Gasteiger partial charge in [-0.05, 0) is 18.6 Å². The van der Waals surface area contributed by atoms with Crippen molar-refractivity contribution < 1.29 is 28.2 Å². The summed E-state index contributed by atoms with van der Waals surface area (Å²) in [5.41, 5.74) is -0.268. The van der Waals surface area contributed by atoms with Crippen molar-refractivity contribution in [3.8, 4) is 0 Å². The standard InChI is InChI=1S/C9H10F3N3O3/c10-9(11,12)6(16)3-4-13-7-2-1-5(8(17)18)14-15-7/h1-2,6,16H,3-4H2,(H,13,15)(H,17,18). The summed E-state index contributed by atoms with van der Waals surface area (Å²) < 4.78 is 35.8. The second-order valence-corrected chi connectivity index (χ2v) is 3.38. The monoisotopic (exact) mass is 265 g/mol. The summed E-state index contributed by atoms with van der Waals surface area (Å²) in [6, 6.07) is 2.44. The van der Waals surface area contributed by atoms with E-state index in [1.54, 1.807) is 0 Å². The molecule has 0 radical (unpaired) electrons. The van der Waals surface area contributed by atoms with Gasteiger partial charge in [-0.25, -0.2) is 4.79 Å². The Morgan fingerprint density at radius 2 is 2.06 bits per heavy atom. The van der Waals surface area contributed by atoms with Crippen LogP contribution in [0, 0.1) is 0 Å². The fourth-order valence-corrected chi connectivity index (χ4v) is 1.04. The number of hydrogen-bond donors (Lipinski definition) is 3. The number of aliphatic hydroxyl groups excluding tert-OH is 1. The Morgan fingerprint density at radius 1 is 1.39 bits per heavy atom. The molecular formula is C9H10F3N3O3. The number of aromatic carboxylic acids is 1. The van der Waals surface area contributed by atoms with E-state index in [0.29, 0.717) is 0 Å². The van der Waals surface area contributed by atoms with Gasteiger partial charge in [0, 0.05) is 6.54 Å². The summed E-state index contributed by atoms with van der Waals surface area (Å²) >= 11 is 0. The van der Waals surface area contributed by atoms with E-state index >= 15 is 0 Å². The highest BCUT2D eigenvalue weighted by Crippen LogP contribution is 2.22. The molecule has 0 saturated carbocycles. The first-order valence-electron chi connectivity index (χ1n) is 4.86. The van der Waals surface area contributed by atoms with E-state index < -0.39 is 24.7 Å². The molecule has 3 N–H and O–H groups in total. The summed E-state index contributed by atoms with van der Waals surface area (Å²) in [4.78, 5) is 10.4. The van der Waals surface area contributed by atoms with Crippen LogP contribution in [-0.2, 0) is 0 Å². The van der Waals surface area contributed by atoms with E-state index in [4.69, 9.17) is 10.2 Å². The Hall–Kier alpha value is -1.90. The number of anilines is 1. The molecular weight excluding hydrogens is 255 g/mol. The van der Waals surface area contributed by atoms with Crippen LogP contribution in [0.5, 0.6) is 0 Å². The average Bonchev–Trinajstić information content (AvgIpc) is 2.28. The van der Waals surface area contributed by atoms with E-state index in [9.17, 15) is 18.0 Å². The number of aromatic nitrogens is 2. The molecule has 1 rings (SSSR count). The van der Waals surface area contributed by atoms with Crippen LogP contribution in [-0.4, -0.2) is 45.2 Å². The second kappa shape index (κ2) is 5.63. The Morgan fingerprint density at radius 3 is 2.50 bits per heavy atom. The molecule has 1 heterocycles. The zero-order valence-corrected chi connectivity index (χ0v) is 8.98. The highest BCUT2D eigenvalue weighted by Gasteiger charge is 2.37. The van der Waals surface area contributed by atoms with Crippen molar-refractivity contribution in [3.05, 3.63) is 17.8 Å². The van der Waals surface area contributed by atoms with Gasteiger partial charge in [0.2, 0.25) is 0 Å². The molecule has 0 bridgehead atoms. The summed E-state index contributed by atoms with van der Waals surface area (Å²) in [5.74, 6) is -1.11. The van der Waals surface area contributed by atoms with Gasteiger partial charge in [0.25, 0.3) is 0 Å². The van der Waals surface area contributed by atoms with Gasteiger partial charge < -0.3 is 15.5 Å². The van der Waals surface area contributed by atoms with Crippen molar-refractivity contribution in [2.24, 2.45) is 0 Å². The summed E-state index contributed by atoms with van der Waals surface area (Å²) in [6.07, 6.45) is -7.59. The number of carboxylic acid groups (broad SMARTS) is 1. The first-order valence-corrected chi connectivity index (χ1v) is 4.86. The third kappa shape index (κ3) is 4.17. The maximum atomic E-state index is 11.9. The molecule has 100 valence electrons. The van der Waals surface area contributed by atoms with Gasteiger partial charge in [0.05, 0.1) is 0 Å². The van der Waals surface area contributed by atoms with E-state index in [0.717, 1.165) is 6.07 Å². The van der Waals surface area contributed by atoms with E-state index in [1.807, 2.05) is 0 Å². The van der Waals surface area contributed by atoms with Gasteiger partial charge in [-0.2, -0.15) is 13.2 Å². The van der Waals surface area contributed by atoms with Gasteiger partial charge in [-0.1, -0.05) is 0 Å². The number of carbonyl (C=O) groups is 1. The summed E-state index contributed by atoms with van der Waals surface area (Å²) in [7, 11) is 0.